The van der Waals surface area contributed by atoms with E-state index in [1.807, 2.05) is 0 Å². The molecule has 0 aliphatic heterocycles. The van der Waals surface area contributed by atoms with E-state index in [9.17, 15) is 9.18 Å². The molecule has 29 heavy (non-hydrogen) atoms. The van der Waals surface area contributed by atoms with E-state index in [4.69, 9.17) is 11.6 Å². The lowest BCUT2D eigenvalue weighted by Gasteiger charge is -2.30. The van der Waals surface area contributed by atoms with Gasteiger partial charge in [0.15, 0.2) is 17.5 Å². The minimum Gasteiger partial charge on any atom is -0.453 e. The fourth-order valence-electron chi connectivity index (χ4n) is 3.63. The summed E-state index contributed by atoms with van der Waals surface area (Å²) in [6, 6.07) is 1.71. The SMILES string of the molecule is COC(=O)NC1CCCC(Nc2nc(-c3c[nH]c4ncc(Cl)cc34)ncc2F)C1. The van der Waals surface area contributed by atoms with Gasteiger partial charge in [-0.25, -0.2) is 24.1 Å². The van der Waals surface area contributed by atoms with Crippen LogP contribution in [0.3, 0.4) is 0 Å². The van der Waals surface area contributed by atoms with Gasteiger partial charge in [-0.15, -0.1) is 0 Å². The highest BCUT2D eigenvalue weighted by Crippen LogP contribution is 2.29. The van der Waals surface area contributed by atoms with Crippen molar-refractivity contribution in [3.05, 3.63) is 35.5 Å². The lowest BCUT2D eigenvalue weighted by atomic mass is 9.91. The van der Waals surface area contributed by atoms with Gasteiger partial charge < -0.3 is 20.4 Å². The van der Waals surface area contributed by atoms with Crippen LogP contribution in [0.25, 0.3) is 22.4 Å². The van der Waals surface area contributed by atoms with Crippen molar-refractivity contribution in [2.75, 3.05) is 12.4 Å². The maximum Gasteiger partial charge on any atom is 0.407 e. The van der Waals surface area contributed by atoms with Crippen molar-refractivity contribution in [1.29, 1.82) is 0 Å². The molecular weight excluding hydrogens is 399 g/mol. The van der Waals surface area contributed by atoms with E-state index in [1.54, 1.807) is 18.5 Å². The van der Waals surface area contributed by atoms with Crippen molar-refractivity contribution < 1.29 is 13.9 Å². The van der Waals surface area contributed by atoms with Crippen LogP contribution in [0.4, 0.5) is 15.0 Å². The van der Waals surface area contributed by atoms with E-state index in [1.165, 1.54) is 7.11 Å². The van der Waals surface area contributed by atoms with Gasteiger partial charge in [-0.2, -0.15) is 0 Å². The Labute approximate surface area is 171 Å². The fourth-order valence-corrected chi connectivity index (χ4v) is 3.79. The van der Waals surface area contributed by atoms with Gasteiger partial charge in [0.25, 0.3) is 0 Å². The maximum absolute atomic E-state index is 14.4. The normalized spacial score (nSPS) is 19.1. The van der Waals surface area contributed by atoms with Gasteiger partial charge in [0.2, 0.25) is 0 Å². The van der Waals surface area contributed by atoms with Crippen molar-refractivity contribution in [1.82, 2.24) is 25.3 Å². The van der Waals surface area contributed by atoms with Gasteiger partial charge in [-0.1, -0.05) is 11.6 Å². The van der Waals surface area contributed by atoms with E-state index >= 15 is 0 Å². The van der Waals surface area contributed by atoms with Crippen molar-refractivity contribution in [3.63, 3.8) is 0 Å². The number of aromatic nitrogens is 4. The average Bonchev–Trinajstić information content (AvgIpc) is 3.13. The number of nitrogens with one attached hydrogen (secondary N) is 3. The summed E-state index contributed by atoms with van der Waals surface area (Å²) in [5.74, 6) is -0.0416. The van der Waals surface area contributed by atoms with E-state index in [0.29, 0.717) is 28.5 Å². The van der Waals surface area contributed by atoms with Crippen LogP contribution in [0.5, 0.6) is 0 Å². The molecule has 0 spiro atoms. The Morgan fingerprint density at radius 3 is 2.97 bits per heavy atom. The summed E-state index contributed by atoms with van der Waals surface area (Å²) >= 11 is 6.05. The predicted molar refractivity (Wildman–Crippen MR) is 107 cm³/mol. The standard InChI is InChI=1S/C19H20ClFN6O2/c1-29-19(28)26-12-4-2-3-11(6-12)25-18-15(21)9-24-17(27-18)14-8-23-16-13(14)5-10(20)7-22-16/h5,7-9,11-12H,2-4,6H2,1H3,(H,22,23)(H,26,28)(H,24,25,27). The second-order valence-electron chi connectivity index (χ2n) is 6.98. The predicted octanol–water partition coefficient (Wildman–Crippen LogP) is 3.89. The van der Waals surface area contributed by atoms with Crippen LogP contribution in [0.15, 0.2) is 24.7 Å². The zero-order chi connectivity index (χ0) is 20.4. The molecule has 0 bridgehead atoms. The molecule has 3 heterocycles. The number of carbonyl (C=O) groups is 1. The fraction of sp³-hybridized carbons (Fsp3) is 0.368. The lowest BCUT2D eigenvalue weighted by molar-refractivity contribution is 0.162. The van der Waals surface area contributed by atoms with Crippen LogP contribution in [0.2, 0.25) is 5.02 Å². The second kappa shape index (κ2) is 8.20. The molecule has 2 unspecified atom stereocenters. The number of hydrogen-bond acceptors (Lipinski definition) is 6. The molecule has 1 fully saturated rings. The number of halogens is 2. The first-order valence-electron chi connectivity index (χ1n) is 9.30. The summed E-state index contributed by atoms with van der Waals surface area (Å²) in [4.78, 5) is 27.2. The lowest BCUT2D eigenvalue weighted by Crippen LogP contribution is -2.41. The Balaban J connectivity index is 1.55. The summed E-state index contributed by atoms with van der Waals surface area (Å²) in [7, 11) is 1.33. The molecule has 3 aromatic heterocycles. The van der Waals surface area contributed by atoms with Crippen molar-refractivity contribution in [2.24, 2.45) is 0 Å². The Hall–Kier alpha value is -2.94. The van der Waals surface area contributed by atoms with Gasteiger partial charge in [0.1, 0.15) is 5.65 Å². The number of hydrogen-bond donors (Lipinski definition) is 3. The number of ether oxygens (including phenoxy) is 1. The zero-order valence-corrected chi connectivity index (χ0v) is 16.5. The van der Waals surface area contributed by atoms with Crippen molar-refractivity contribution in [3.8, 4) is 11.4 Å². The van der Waals surface area contributed by atoms with Gasteiger partial charge in [0.05, 0.1) is 18.3 Å². The topological polar surface area (TPSA) is 105 Å². The number of carbonyl (C=O) groups excluding carboxylic acids is 1. The molecule has 10 heteroatoms. The molecule has 2 atom stereocenters. The minimum absolute atomic E-state index is 0.0257. The number of nitrogens with zero attached hydrogens (tertiary/aromatic N) is 3. The van der Waals surface area contributed by atoms with Gasteiger partial charge in [-0.05, 0) is 31.7 Å². The number of rotatable bonds is 4. The molecule has 3 aromatic rings. The molecule has 0 radical (unpaired) electrons. The molecule has 152 valence electrons. The molecule has 0 aromatic carbocycles. The summed E-state index contributed by atoms with van der Waals surface area (Å²) in [5, 5.41) is 7.22. The molecule has 1 aliphatic carbocycles. The molecule has 0 saturated heterocycles. The highest BCUT2D eigenvalue weighted by Gasteiger charge is 2.25. The number of pyridine rings is 1. The Kier molecular flexibility index (Phi) is 5.48. The van der Waals surface area contributed by atoms with E-state index in [0.717, 1.165) is 30.8 Å². The number of alkyl carbamates (subject to hydrolysis) is 1. The Morgan fingerprint density at radius 2 is 2.14 bits per heavy atom. The molecule has 4 rings (SSSR count). The summed E-state index contributed by atoms with van der Waals surface area (Å²) in [5.41, 5.74) is 1.34. The molecular formula is C19H20ClFN6O2. The number of H-pyrrole nitrogens is 1. The van der Waals surface area contributed by atoms with Crippen molar-refractivity contribution in [2.45, 2.75) is 37.8 Å². The molecule has 3 N–H and O–H groups in total. The average molecular weight is 419 g/mol. The van der Waals surface area contributed by atoms with Crippen LogP contribution in [-0.2, 0) is 4.74 Å². The summed E-state index contributed by atoms with van der Waals surface area (Å²) in [6.07, 6.45) is 7.22. The first-order chi connectivity index (χ1) is 14.0. The third-order valence-corrected chi connectivity index (χ3v) is 5.21. The van der Waals surface area contributed by atoms with Gasteiger partial charge in [-0.3, -0.25) is 0 Å². The summed E-state index contributed by atoms with van der Waals surface area (Å²) < 4.78 is 19.0. The zero-order valence-electron chi connectivity index (χ0n) is 15.7. The van der Waals surface area contributed by atoms with Crippen LogP contribution in [0, 0.1) is 5.82 Å². The van der Waals surface area contributed by atoms with E-state index < -0.39 is 11.9 Å². The number of aromatic amines is 1. The first-order valence-corrected chi connectivity index (χ1v) is 9.68. The number of amides is 1. The van der Waals surface area contributed by atoms with Crippen LogP contribution >= 0.6 is 11.6 Å². The molecule has 1 amide bonds. The van der Waals surface area contributed by atoms with E-state index in [-0.39, 0.29) is 17.9 Å². The monoisotopic (exact) mass is 418 g/mol. The summed E-state index contributed by atoms with van der Waals surface area (Å²) in [6.45, 7) is 0. The number of fused-ring (bicyclic) bond motifs is 1. The highest BCUT2D eigenvalue weighted by atomic mass is 35.5. The van der Waals surface area contributed by atoms with Gasteiger partial charge >= 0.3 is 6.09 Å². The van der Waals surface area contributed by atoms with Crippen molar-refractivity contribution >= 4 is 34.5 Å². The Bertz CT molecular complexity index is 1040. The van der Waals surface area contributed by atoms with Crippen LogP contribution < -0.4 is 10.6 Å². The molecule has 1 saturated carbocycles. The first kappa shape index (κ1) is 19.4. The van der Waals surface area contributed by atoms with Crippen LogP contribution in [-0.4, -0.2) is 45.2 Å². The smallest absolute Gasteiger partial charge is 0.407 e. The largest absolute Gasteiger partial charge is 0.453 e. The number of anilines is 1. The third kappa shape index (κ3) is 4.24. The second-order valence-corrected chi connectivity index (χ2v) is 7.42. The van der Waals surface area contributed by atoms with E-state index in [2.05, 4.69) is 35.3 Å². The third-order valence-electron chi connectivity index (χ3n) is 5.01. The maximum atomic E-state index is 14.4. The molecule has 8 nitrogen and oxygen atoms in total. The minimum atomic E-state index is -0.534. The Morgan fingerprint density at radius 1 is 1.31 bits per heavy atom. The van der Waals surface area contributed by atoms with Crippen LogP contribution in [0.1, 0.15) is 25.7 Å². The molecule has 1 aliphatic rings. The quantitative estimate of drug-likeness (QED) is 0.593. The highest BCUT2D eigenvalue weighted by molar-refractivity contribution is 6.31. The number of methoxy groups -OCH3 is 1. The van der Waals surface area contributed by atoms with Gasteiger partial charge in [0, 0.05) is 35.4 Å².